The molecular formula is C14H26N4O6. The van der Waals surface area contributed by atoms with Crippen LogP contribution in [-0.4, -0.2) is 61.4 Å². The van der Waals surface area contributed by atoms with Gasteiger partial charge >= 0.3 is 5.97 Å². The van der Waals surface area contributed by atoms with Gasteiger partial charge in [0.1, 0.15) is 12.3 Å². The fraction of sp³-hybridized carbons (Fsp3) is 0.571. The van der Waals surface area contributed by atoms with E-state index in [4.69, 9.17) is 20.1 Å². The van der Waals surface area contributed by atoms with Crippen molar-refractivity contribution in [3.63, 3.8) is 0 Å². The van der Waals surface area contributed by atoms with Crippen LogP contribution in [0.5, 0.6) is 0 Å². The first-order valence-electron chi connectivity index (χ1n) is 7.14. The molecule has 1 unspecified atom stereocenters. The number of aryl methyl sites for hydroxylation is 1. The first-order chi connectivity index (χ1) is 11.3. The number of nitrogens with one attached hydrogen (secondary N) is 2. The number of amides is 2. The first-order valence-corrected chi connectivity index (χ1v) is 7.14. The van der Waals surface area contributed by atoms with Crippen LogP contribution in [0.2, 0.25) is 0 Å². The van der Waals surface area contributed by atoms with Gasteiger partial charge < -0.3 is 30.7 Å². The Balaban J connectivity index is 0. The van der Waals surface area contributed by atoms with Gasteiger partial charge in [0.25, 0.3) is 5.91 Å². The fourth-order valence-corrected chi connectivity index (χ4v) is 1.19. The summed E-state index contributed by atoms with van der Waals surface area (Å²) >= 11 is 0. The van der Waals surface area contributed by atoms with E-state index in [1.165, 1.54) is 0 Å². The second kappa shape index (κ2) is 15.4. The average Bonchev–Trinajstić information content (AvgIpc) is 2.93. The van der Waals surface area contributed by atoms with Gasteiger partial charge in [-0.15, -0.1) is 0 Å². The number of ether oxygens (including phenoxy) is 1. The number of hydrogen-bond acceptors (Lipinski definition) is 7. The molecule has 1 aromatic heterocycles. The van der Waals surface area contributed by atoms with Gasteiger partial charge in [-0.25, -0.2) is 0 Å². The minimum absolute atomic E-state index is 0.0375. The number of nitrogens with zero attached hydrogens (tertiary/aromatic N) is 1. The summed E-state index contributed by atoms with van der Waals surface area (Å²) in [7, 11) is 1.59. The summed E-state index contributed by atoms with van der Waals surface area (Å²) in [6.45, 7) is 6.42. The Bertz CT molecular complexity index is 478. The predicted molar refractivity (Wildman–Crippen MR) is 86.5 cm³/mol. The molecule has 24 heavy (non-hydrogen) atoms. The number of aliphatic carboxylic acids is 1. The largest absolute Gasteiger partial charge is 0.480 e. The third kappa shape index (κ3) is 14.5. The van der Waals surface area contributed by atoms with E-state index in [9.17, 15) is 14.4 Å². The van der Waals surface area contributed by atoms with E-state index in [-0.39, 0.29) is 18.5 Å². The van der Waals surface area contributed by atoms with Crippen molar-refractivity contribution in [2.45, 2.75) is 26.8 Å². The van der Waals surface area contributed by atoms with Crippen molar-refractivity contribution in [2.24, 2.45) is 5.73 Å². The van der Waals surface area contributed by atoms with Crippen LogP contribution in [0.3, 0.4) is 0 Å². The maximum absolute atomic E-state index is 11.5. The molecule has 0 saturated heterocycles. The number of aromatic nitrogens is 1. The monoisotopic (exact) mass is 346 g/mol. The van der Waals surface area contributed by atoms with Crippen LogP contribution in [0.15, 0.2) is 10.6 Å². The van der Waals surface area contributed by atoms with E-state index in [2.05, 4.69) is 10.5 Å². The van der Waals surface area contributed by atoms with Crippen molar-refractivity contribution >= 4 is 18.3 Å². The Morgan fingerprint density at radius 2 is 2.12 bits per heavy atom. The molecule has 1 atom stereocenters. The lowest BCUT2D eigenvalue weighted by atomic mass is 10.3. The summed E-state index contributed by atoms with van der Waals surface area (Å²) in [4.78, 5) is 30.3. The standard InChI is InChI=1S/C9H14N2O3.C3H5NO3.C2H7N/c1-6(5-13-3)10-9(12)8-4-7(2)14-11-8;5-2-4-1-3(6)7;1-2-3/h4,6H,5H2,1-3H3,(H,10,12);2H,1H2,(H,4,5)(H,6,7);2-3H2,1H3. The lowest BCUT2D eigenvalue weighted by Crippen LogP contribution is -2.35. The zero-order chi connectivity index (χ0) is 19.0. The summed E-state index contributed by atoms with van der Waals surface area (Å²) < 4.78 is 9.67. The minimum Gasteiger partial charge on any atom is -0.480 e. The summed E-state index contributed by atoms with van der Waals surface area (Å²) in [5, 5.41) is 16.1. The normalized spacial score (nSPS) is 10.2. The highest BCUT2D eigenvalue weighted by Crippen LogP contribution is 2.01. The van der Waals surface area contributed by atoms with E-state index in [0.29, 0.717) is 24.5 Å². The van der Waals surface area contributed by atoms with Crippen molar-refractivity contribution in [1.82, 2.24) is 15.8 Å². The summed E-state index contributed by atoms with van der Waals surface area (Å²) in [5.74, 6) is -0.659. The van der Waals surface area contributed by atoms with Crippen LogP contribution in [-0.2, 0) is 14.3 Å². The molecule has 1 heterocycles. The molecule has 2 amide bonds. The van der Waals surface area contributed by atoms with Gasteiger partial charge in [-0.05, 0) is 20.4 Å². The Labute approximate surface area is 140 Å². The maximum Gasteiger partial charge on any atom is 0.322 e. The van der Waals surface area contributed by atoms with Crippen molar-refractivity contribution in [1.29, 1.82) is 0 Å². The Morgan fingerprint density at radius 3 is 2.46 bits per heavy atom. The number of carbonyl (C=O) groups excluding carboxylic acids is 2. The third-order valence-electron chi connectivity index (χ3n) is 1.99. The molecule has 5 N–H and O–H groups in total. The van der Waals surface area contributed by atoms with Gasteiger partial charge in [-0.1, -0.05) is 12.1 Å². The molecule has 10 heteroatoms. The number of methoxy groups -OCH3 is 1. The molecule has 0 bridgehead atoms. The minimum atomic E-state index is -1.04. The van der Waals surface area contributed by atoms with Gasteiger partial charge in [-0.3, -0.25) is 14.4 Å². The number of carboxylic acid groups (broad SMARTS) is 1. The molecular weight excluding hydrogens is 320 g/mol. The average molecular weight is 346 g/mol. The Morgan fingerprint density at radius 1 is 1.54 bits per heavy atom. The van der Waals surface area contributed by atoms with E-state index in [1.807, 2.05) is 19.2 Å². The highest BCUT2D eigenvalue weighted by Gasteiger charge is 2.13. The van der Waals surface area contributed by atoms with Crippen molar-refractivity contribution in [3.8, 4) is 0 Å². The van der Waals surface area contributed by atoms with E-state index < -0.39 is 5.97 Å². The van der Waals surface area contributed by atoms with E-state index >= 15 is 0 Å². The van der Waals surface area contributed by atoms with Crippen LogP contribution in [0, 0.1) is 6.92 Å². The summed E-state index contributed by atoms with van der Waals surface area (Å²) in [6, 6.07) is 1.55. The van der Waals surface area contributed by atoms with E-state index in [1.54, 1.807) is 20.1 Å². The molecule has 0 radical (unpaired) electrons. The Hall–Kier alpha value is -2.46. The molecule has 1 rings (SSSR count). The second-order valence-corrected chi connectivity index (χ2v) is 4.45. The van der Waals surface area contributed by atoms with Gasteiger partial charge in [0.05, 0.1) is 6.61 Å². The van der Waals surface area contributed by atoms with E-state index in [0.717, 1.165) is 6.54 Å². The lowest BCUT2D eigenvalue weighted by Gasteiger charge is -2.10. The van der Waals surface area contributed by atoms with Gasteiger partial charge in [0.2, 0.25) is 6.41 Å². The number of carboxylic acids is 1. The molecule has 0 aliphatic heterocycles. The molecule has 0 aliphatic carbocycles. The van der Waals surface area contributed by atoms with Crippen LogP contribution in [0.1, 0.15) is 30.1 Å². The van der Waals surface area contributed by atoms with Crippen molar-refractivity contribution < 1.29 is 28.8 Å². The zero-order valence-electron chi connectivity index (χ0n) is 14.4. The quantitative estimate of drug-likeness (QED) is 0.483. The van der Waals surface area contributed by atoms with Gasteiger partial charge in [0.15, 0.2) is 5.69 Å². The van der Waals surface area contributed by atoms with Gasteiger partial charge in [-0.2, -0.15) is 0 Å². The molecule has 0 aromatic carbocycles. The van der Waals surface area contributed by atoms with Crippen molar-refractivity contribution in [3.05, 3.63) is 17.5 Å². The van der Waals surface area contributed by atoms with Crippen LogP contribution >= 0.6 is 0 Å². The molecule has 0 aliphatic rings. The molecule has 1 aromatic rings. The van der Waals surface area contributed by atoms with Crippen LogP contribution < -0.4 is 16.4 Å². The van der Waals surface area contributed by atoms with Gasteiger partial charge in [0, 0.05) is 19.2 Å². The summed E-state index contributed by atoms with van der Waals surface area (Å²) in [5.41, 5.74) is 5.14. The molecule has 0 saturated carbocycles. The third-order valence-corrected chi connectivity index (χ3v) is 1.99. The first kappa shape index (κ1) is 23.8. The fourth-order valence-electron chi connectivity index (χ4n) is 1.19. The smallest absolute Gasteiger partial charge is 0.322 e. The molecule has 0 spiro atoms. The Kier molecular flexibility index (Phi) is 15.3. The topological polar surface area (TPSA) is 157 Å². The number of nitrogens with two attached hydrogens (primary N) is 1. The van der Waals surface area contributed by atoms with Crippen LogP contribution in [0.4, 0.5) is 0 Å². The SMILES string of the molecule is CCN.COCC(C)NC(=O)c1cc(C)on1.O=CNCC(=O)O. The number of rotatable bonds is 7. The van der Waals surface area contributed by atoms with Crippen LogP contribution in [0.25, 0.3) is 0 Å². The number of carbonyl (C=O) groups is 3. The highest BCUT2D eigenvalue weighted by atomic mass is 16.5. The molecule has 10 nitrogen and oxygen atoms in total. The number of hydrogen-bond donors (Lipinski definition) is 4. The van der Waals surface area contributed by atoms with Crippen molar-refractivity contribution in [2.75, 3.05) is 26.8 Å². The molecule has 0 fully saturated rings. The molecule has 138 valence electrons. The highest BCUT2D eigenvalue weighted by molar-refractivity contribution is 5.92. The zero-order valence-corrected chi connectivity index (χ0v) is 14.4. The summed E-state index contributed by atoms with van der Waals surface area (Å²) in [6.07, 6.45) is 0.341. The maximum atomic E-state index is 11.5. The lowest BCUT2D eigenvalue weighted by molar-refractivity contribution is -0.136. The predicted octanol–water partition coefficient (Wildman–Crippen LogP) is -0.470. The second-order valence-electron chi connectivity index (χ2n) is 4.45.